The number of imidazole rings is 4. The number of ketones is 2. The molecule has 0 saturated carbocycles. The molecular weight excluding hydrogens is 1750 g/mol. The lowest BCUT2D eigenvalue weighted by Crippen LogP contribution is -2.40. The molecule has 8 aromatic heterocycles. The van der Waals surface area contributed by atoms with Crippen LogP contribution >= 0.6 is 0 Å². The first-order valence-corrected chi connectivity index (χ1v) is 40.6. The number of nitrogens with two attached hydrogens (primary N) is 2. The molecule has 0 aliphatic heterocycles. The Hall–Kier alpha value is -13.2. The molecule has 0 radical (unpaired) electrons. The van der Waals surface area contributed by atoms with Gasteiger partial charge in [-0.15, -0.1) is 0 Å². The van der Waals surface area contributed by atoms with Crippen molar-refractivity contribution in [1.82, 2.24) is 42.9 Å². The van der Waals surface area contributed by atoms with E-state index in [1.807, 2.05) is 12.2 Å². The minimum atomic E-state index is -3.35. The molecular formula is C92H99F14N11O14. The Bertz CT molecular complexity index is 6080. The Kier molecular flexibility index (Phi) is 34.6. The van der Waals surface area contributed by atoms with E-state index in [2.05, 4.69) is 19.9 Å². The van der Waals surface area contributed by atoms with Crippen molar-refractivity contribution in [3.63, 3.8) is 0 Å². The quantitative estimate of drug-likeness (QED) is 0.0141. The van der Waals surface area contributed by atoms with Gasteiger partial charge in [0.1, 0.15) is 95.6 Å². The van der Waals surface area contributed by atoms with Gasteiger partial charge in [0.25, 0.3) is 17.8 Å². The van der Waals surface area contributed by atoms with Crippen LogP contribution in [-0.4, -0.2) is 133 Å². The Labute approximate surface area is 743 Å². The first-order chi connectivity index (χ1) is 61.2. The van der Waals surface area contributed by atoms with Gasteiger partial charge in [-0.2, -0.15) is 0 Å². The van der Waals surface area contributed by atoms with E-state index < -0.39 is 169 Å². The molecule has 0 saturated heterocycles. The third-order valence-electron chi connectivity index (χ3n) is 19.0. The van der Waals surface area contributed by atoms with Crippen LogP contribution in [0.1, 0.15) is 196 Å². The fourth-order valence-corrected chi connectivity index (χ4v) is 12.8. The Balaban J connectivity index is 0.000000207. The number of carboxylic acids is 1. The molecule has 0 fully saturated rings. The highest BCUT2D eigenvalue weighted by Gasteiger charge is 2.35. The van der Waals surface area contributed by atoms with Gasteiger partial charge >= 0.3 is 24.0 Å². The number of alkyl halides is 6. The van der Waals surface area contributed by atoms with E-state index in [9.17, 15) is 95.3 Å². The molecule has 131 heavy (non-hydrogen) atoms. The predicted octanol–water partition coefficient (Wildman–Crippen LogP) is 19.5. The van der Waals surface area contributed by atoms with E-state index in [1.165, 1.54) is 49.6 Å². The van der Waals surface area contributed by atoms with E-state index in [-0.39, 0.29) is 112 Å². The molecule has 0 atom stereocenters. The molecule has 1 amide bonds. The molecule has 12 rings (SSSR count). The Morgan fingerprint density at radius 2 is 0.664 bits per heavy atom. The molecule has 0 spiro atoms. The van der Waals surface area contributed by atoms with Crippen LogP contribution in [-0.2, 0) is 45.4 Å². The Morgan fingerprint density at radius 3 is 0.947 bits per heavy atom. The fraction of sp³-hybridized carbons (Fsp3) is 0.370. The number of rotatable bonds is 30. The normalized spacial score (nSPS) is 11.7. The first kappa shape index (κ1) is 103. The number of fused-ring (bicyclic) bond motifs is 4. The Morgan fingerprint density at radius 1 is 0.397 bits per heavy atom. The second kappa shape index (κ2) is 43.9. The van der Waals surface area contributed by atoms with Crippen molar-refractivity contribution in [2.75, 3.05) is 26.2 Å². The lowest BCUT2D eigenvalue weighted by molar-refractivity contribution is -0.156. The van der Waals surface area contributed by atoms with Gasteiger partial charge in [-0.25, -0.2) is 95.8 Å². The van der Waals surface area contributed by atoms with Crippen molar-refractivity contribution in [3.8, 4) is 23.0 Å². The number of aromatic carboxylic acids is 1. The zero-order chi connectivity index (χ0) is 97.3. The lowest BCUT2D eigenvalue weighted by atomic mass is 10.1. The maximum absolute atomic E-state index is 14.4. The van der Waals surface area contributed by atoms with Crippen molar-refractivity contribution in [1.29, 1.82) is 0 Å². The van der Waals surface area contributed by atoms with Crippen LogP contribution in [0.4, 0.5) is 66.3 Å². The van der Waals surface area contributed by atoms with E-state index >= 15 is 0 Å². The van der Waals surface area contributed by atoms with Crippen molar-refractivity contribution >= 4 is 58.2 Å². The lowest BCUT2D eigenvalue weighted by Gasteiger charge is -2.21. The number of halogens is 14. The third-order valence-corrected chi connectivity index (χ3v) is 19.0. The number of benzene rings is 4. The predicted molar refractivity (Wildman–Crippen MR) is 454 cm³/mol. The number of carbonyl (C=O) groups is 6. The summed E-state index contributed by atoms with van der Waals surface area (Å²) in [6.07, 6.45) is 2.35. The number of nitrogens with zero attached hydrogens (tertiary/aromatic N) is 8. The summed E-state index contributed by atoms with van der Waals surface area (Å²) in [6.45, 7) is 21.3. The minimum Gasteiger partial charge on any atom is -0.485 e. The molecule has 0 bridgehead atoms. The van der Waals surface area contributed by atoms with Crippen LogP contribution in [0.15, 0.2) is 122 Å². The zero-order valence-electron chi connectivity index (χ0n) is 74.2. The summed E-state index contributed by atoms with van der Waals surface area (Å²) in [5.41, 5.74) is 13.5. The highest BCUT2D eigenvalue weighted by atomic mass is 19.3. The number of esters is 2. The van der Waals surface area contributed by atoms with Crippen LogP contribution in [0.5, 0.6) is 23.0 Å². The average molecular weight is 1850 g/mol. The number of pyridine rings is 4. The van der Waals surface area contributed by atoms with Gasteiger partial charge in [0.05, 0.1) is 77.7 Å². The number of aromatic nitrogens is 8. The molecule has 25 nitrogen and oxygen atoms in total. The number of hydrogen-bond donors (Lipinski definition) is 4. The maximum atomic E-state index is 14.4. The SMILES string of the molecule is CC(C)(C)OC(=O)CCC(F)(F)CN.CCOC(=O)c1c(C)nc2c(OCc3c(F)cccc3F)cc(C)cn12.Cc1cc(OCc2c(F)cccc2F)c2nc(C)c(C(=O)CCC(F)(F)CN)n2c1.Cc1cc(OCc2c(F)cccc2F)c2nc(C)c(C(=O)CCC(F)(F)CNC(=O)OC(C)(C)C)n2c1.Cc1cc(OCc2c(F)cccc2F)c2nc(C)c(C(=O)O)n2c1. The largest absolute Gasteiger partial charge is 0.485 e. The molecule has 0 aliphatic carbocycles. The van der Waals surface area contributed by atoms with Crippen molar-refractivity contribution < 1.29 is 128 Å². The summed E-state index contributed by atoms with van der Waals surface area (Å²) in [5, 5.41) is 11.3. The number of aryl methyl sites for hydroxylation is 8. The molecule has 704 valence electrons. The number of carbonyl (C=O) groups excluding carboxylic acids is 5. The minimum absolute atomic E-state index is 0.0237. The summed E-state index contributed by atoms with van der Waals surface area (Å²) in [6, 6.07) is 20.8. The molecule has 0 aliphatic rings. The van der Waals surface area contributed by atoms with Crippen molar-refractivity contribution in [2.45, 2.75) is 198 Å². The number of hydrogen-bond acceptors (Lipinski definition) is 19. The fourth-order valence-electron chi connectivity index (χ4n) is 12.8. The second-order valence-corrected chi connectivity index (χ2v) is 32.2. The van der Waals surface area contributed by atoms with Gasteiger partial charge in [0, 0.05) is 56.9 Å². The summed E-state index contributed by atoms with van der Waals surface area (Å²) < 4.78 is 235. The maximum Gasteiger partial charge on any atom is 0.407 e. The molecule has 6 N–H and O–H groups in total. The summed E-state index contributed by atoms with van der Waals surface area (Å²) in [5.74, 6) is -17.6. The van der Waals surface area contributed by atoms with E-state index in [1.54, 1.807) is 150 Å². The van der Waals surface area contributed by atoms with Gasteiger partial charge in [0.2, 0.25) is 0 Å². The molecule has 39 heteroatoms. The van der Waals surface area contributed by atoms with Gasteiger partial charge < -0.3 is 55.0 Å². The summed E-state index contributed by atoms with van der Waals surface area (Å²) >= 11 is 0. The van der Waals surface area contributed by atoms with Crippen LogP contribution in [0, 0.1) is 102 Å². The molecule has 8 heterocycles. The van der Waals surface area contributed by atoms with E-state index in [0.29, 0.717) is 45.3 Å². The van der Waals surface area contributed by atoms with Gasteiger partial charge in [-0.3, -0.25) is 32.0 Å². The van der Waals surface area contributed by atoms with Crippen LogP contribution < -0.4 is 35.7 Å². The number of amides is 1. The van der Waals surface area contributed by atoms with Crippen LogP contribution in [0.2, 0.25) is 0 Å². The molecule has 12 aromatic rings. The smallest absolute Gasteiger partial charge is 0.407 e. The molecule has 4 aromatic carbocycles. The van der Waals surface area contributed by atoms with Crippen LogP contribution in [0.3, 0.4) is 0 Å². The summed E-state index contributed by atoms with van der Waals surface area (Å²) in [4.78, 5) is 89.1. The van der Waals surface area contributed by atoms with Gasteiger partial charge in [0.15, 0.2) is 68.5 Å². The third kappa shape index (κ3) is 28.2. The van der Waals surface area contributed by atoms with Gasteiger partial charge in [-0.1, -0.05) is 24.3 Å². The summed E-state index contributed by atoms with van der Waals surface area (Å²) in [7, 11) is 0. The van der Waals surface area contributed by atoms with E-state index in [4.69, 9.17) is 44.6 Å². The van der Waals surface area contributed by atoms with Crippen molar-refractivity contribution in [2.24, 2.45) is 11.5 Å². The van der Waals surface area contributed by atoms with Crippen LogP contribution in [0.25, 0.3) is 22.6 Å². The number of Topliss-reactive ketones (excluding diaryl/α,β-unsaturated/α-hetero) is 2. The number of alkyl carbamates (subject to hydrolysis) is 1. The highest BCUT2D eigenvalue weighted by Crippen LogP contribution is 2.34. The van der Waals surface area contributed by atoms with E-state index in [0.717, 1.165) is 47.5 Å². The second-order valence-electron chi connectivity index (χ2n) is 32.2. The van der Waals surface area contributed by atoms with Gasteiger partial charge in [-0.05, 0) is 199 Å². The zero-order valence-corrected chi connectivity index (χ0v) is 74.2. The number of carboxylic acid groups (broad SMARTS) is 1. The monoisotopic (exact) mass is 1850 g/mol. The molecule has 0 unspecified atom stereocenters. The average Bonchev–Trinajstić information content (AvgIpc) is 1.63. The highest BCUT2D eigenvalue weighted by molar-refractivity contribution is 5.98. The topological polar surface area (TPSA) is 321 Å². The first-order valence-electron chi connectivity index (χ1n) is 40.6. The van der Waals surface area contributed by atoms with Crippen molar-refractivity contribution in [3.05, 3.63) is 258 Å². The standard InChI is InChI=1S/C26H29F4N3O4.C21H21F4N3O2.C19H18F2N2O3.C17H14F2N2O3.C9H17F2NO2/c1-15-11-21(36-13-17-18(27)7-6-8-19(17)28)23-32-16(2)22(33(23)12-15)20(34)9-10-26(29,30)14-31-24(35)37-25(3,4)5;1-12-8-18(30-10-14-15(22)4-3-5-16(14)23)20-27-13(2)19(28(20)9-12)17(29)6-7-21(24,25)11-26;1-4-25-19(24)17-12(3)22-18-16(8-11(2)9-23(17)18)26-10-13-14(20)6-5-7-15(13)21;1-9-6-14(24-8-11-12(18)4-3-5-13(11)19)16-20-10(2)15(17(22)23)21(16)7-9;1-8(2,3)14-7(13)4-5-9(10,11)6-12/h6-8,11-12H,9-10,13-14H2,1-5H3,(H,31,35);3-5,8-9H,6-7,10-11,26H2,1-2H3;5-9H,4,10H2,1-3H3;3-7H,8H2,1-2H3,(H,22,23);4-6,12H2,1-3H3. The number of nitrogens with one attached hydrogen (secondary N) is 1. The number of ether oxygens (including phenoxy) is 7.